The Morgan fingerprint density at radius 1 is 0.967 bits per heavy atom. The van der Waals surface area contributed by atoms with Gasteiger partial charge in [0.25, 0.3) is 0 Å². The summed E-state index contributed by atoms with van der Waals surface area (Å²) in [4.78, 5) is 22.2. The maximum atomic E-state index is 11.4. The van der Waals surface area contributed by atoms with Crippen LogP contribution in [0.3, 0.4) is 0 Å². The Morgan fingerprint density at radius 3 is 1.80 bits per heavy atom. The summed E-state index contributed by atoms with van der Waals surface area (Å²) in [5, 5.41) is 13.1. The predicted octanol–water partition coefficient (Wildman–Crippen LogP) is -7.18. The van der Waals surface area contributed by atoms with E-state index in [1.54, 1.807) is 19.9 Å². The molecule has 0 saturated carbocycles. The van der Waals surface area contributed by atoms with Gasteiger partial charge in [0.15, 0.2) is 0 Å². The van der Waals surface area contributed by atoms with Gasteiger partial charge < -0.3 is 29.1 Å². The zero-order chi connectivity index (χ0) is 21.3. The minimum atomic E-state index is -5.17. The average Bonchev–Trinajstić information content (AvgIpc) is 2.52. The minimum absolute atomic E-state index is 0. The van der Waals surface area contributed by atoms with Gasteiger partial charge in [0.1, 0.15) is 0 Å². The number of hydrogen-bond donors (Lipinski definition) is 1. The number of amides is 1. The van der Waals surface area contributed by atoms with E-state index >= 15 is 0 Å². The van der Waals surface area contributed by atoms with Crippen LogP contribution in [0.15, 0.2) is 12.3 Å². The summed E-state index contributed by atoms with van der Waals surface area (Å²) < 4.78 is 38.9. The van der Waals surface area contributed by atoms with Crippen LogP contribution in [0.25, 0.3) is 0 Å². The first-order valence-electron chi connectivity index (χ1n) is 8.98. The van der Waals surface area contributed by atoms with Crippen molar-refractivity contribution in [2.24, 2.45) is 5.92 Å². The molecule has 0 aromatic heterocycles. The normalized spacial score (nSPS) is 11.1. The third-order valence-electron chi connectivity index (χ3n) is 3.44. The molecule has 0 spiro atoms. The van der Waals surface area contributed by atoms with Gasteiger partial charge in [-0.3, -0.25) is 8.42 Å². The van der Waals surface area contributed by atoms with E-state index in [0.29, 0.717) is 0 Å². The molecule has 30 heavy (non-hydrogen) atoms. The van der Waals surface area contributed by atoms with Crippen LogP contribution in [0.4, 0.5) is 4.79 Å². The Morgan fingerprint density at radius 2 is 1.40 bits per heavy atom. The van der Waals surface area contributed by atoms with E-state index in [9.17, 15) is 14.7 Å². The molecule has 0 rings (SSSR count). The van der Waals surface area contributed by atoms with Crippen molar-refractivity contribution in [1.82, 2.24) is 5.32 Å². The third kappa shape index (κ3) is 36.7. The Balaban J connectivity index is -0.000000232. The Kier molecular flexibility index (Phi) is 36.9. The minimum Gasteiger partial charge on any atom is -0.759 e. The van der Waals surface area contributed by atoms with Gasteiger partial charge in [-0.2, -0.15) is 0 Å². The number of carbonyl (C=O) groups is 2. The van der Waals surface area contributed by atoms with Crippen LogP contribution in [0.5, 0.6) is 0 Å². The van der Waals surface area contributed by atoms with Gasteiger partial charge >= 0.3 is 94.8 Å². The molecule has 0 aromatic rings. The number of alkyl carbamates (subject to hydrolysis) is 1. The van der Waals surface area contributed by atoms with Gasteiger partial charge in [-0.15, -0.1) is 0 Å². The predicted molar refractivity (Wildman–Crippen MR) is 95.5 cm³/mol. The third-order valence-corrected chi connectivity index (χ3v) is 3.44. The molecule has 0 heterocycles. The molecule has 1 N–H and O–H groups in total. The molecule has 0 aliphatic carbocycles. The number of rotatable bonds is 12. The number of carboxylic acid groups (broad SMARTS) is 1. The maximum absolute atomic E-state index is 11.4. The van der Waals surface area contributed by atoms with Gasteiger partial charge in [-0.25, -0.2) is 4.79 Å². The topological polar surface area (TPSA) is 159 Å². The van der Waals surface area contributed by atoms with Crippen molar-refractivity contribution in [3.63, 3.8) is 0 Å². The number of ether oxygens (including phenoxy) is 1. The van der Waals surface area contributed by atoms with Crippen molar-refractivity contribution in [2.45, 2.75) is 78.2 Å². The SMILES string of the molecule is CCCCCCCCCC=COC(=O)N[C@H](C(=O)[O-])C(C)C.O=S(=O)([O-])[O-].[Na+].[Na+].[Na+]. The molecule has 13 heteroatoms. The van der Waals surface area contributed by atoms with E-state index in [1.807, 2.05) is 0 Å². The standard InChI is InChI=1S/C17H31NO4.3Na.H2O4S/c1-4-5-6-7-8-9-10-11-12-13-22-17(21)18-15(14(2)3)16(19)20;;;;1-5(2,3)4/h12-15H,4-11H2,1-3H3,(H,18,21)(H,19,20);;;;(H2,1,2,3,4)/q;3*+1;/p-3/t15-;;;;/m0..../s1. The van der Waals surface area contributed by atoms with Gasteiger partial charge in [-0.05, 0) is 24.8 Å². The number of carboxylic acids is 1. The van der Waals surface area contributed by atoms with E-state index in [0.717, 1.165) is 12.8 Å². The molecule has 0 unspecified atom stereocenters. The van der Waals surface area contributed by atoms with Gasteiger partial charge in [0.2, 0.25) is 0 Å². The first kappa shape index (κ1) is 41.6. The smallest absolute Gasteiger partial charge is 0.759 e. The molecule has 0 radical (unpaired) electrons. The quantitative estimate of drug-likeness (QED) is 0.0954. The number of carbonyl (C=O) groups excluding carboxylic acids is 2. The van der Waals surface area contributed by atoms with Crippen molar-refractivity contribution in [3.8, 4) is 0 Å². The van der Waals surface area contributed by atoms with Crippen molar-refractivity contribution >= 4 is 22.5 Å². The largest absolute Gasteiger partial charge is 1.00 e. The van der Waals surface area contributed by atoms with Crippen LogP contribution in [-0.4, -0.2) is 35.6 Å². The molecule has 0 saturated heterocycles. The van der Waals surface area contributed by atoms with E-state index in [2.05, 4.69) is 12.2 Å². The number of allylic oxidation sites excluding steroid dienone is 1. The molecule has 0 bridgehead atoms. The Bertz CT molecular complexity index is 537. The molecule has 0 aliphatic rings. The second-order valence-electron chi connectivity index (χ2n) is 6.28. The zero-order valence-electron chi connectivity index (χ0n) is 19.1. The molecule has 160 valence electrons. The van der Waals surface area contributed by atoms with E-state index < -0.39 is 28.5 Å². The van der Waals surface area contributed by atoms with E-state index in [1.165, 1.54) is 44.8 Å². The van der Waals surface area contributed by atoms with Crippen molar-refractivity contribution < 1.29 is 126 Å². The Labute approximate surface area is 247 Å². The molecule has 0 fully saturated rings. The second kappa shape index (κ2) is 26.6. The van der Waals surface area contributed by atoms with Gasteiger partial charge in [-0.1, -0.05) is 59.3 Å². The Hall–Kier alpha value is 1.35. The number of hydrogen-bond acceptors (Lipinski definition) is 8. The monoisotopic (exact) mass is 477 g/mol. The first-order valence-corrected chi connectivity index (χ1v) is 10.3. The molecule has 0 aromatic carbocycles. The van der Waals surface area contributed by atoms with E-state index in [-0.39, 0.29) is 94.6 Å². The van der Waals surface area contributed by atoms with Crippen LogP contribution in [0.1, 0.15) is 72.1 Å². The maximum Gasteiger partial charge on any atom is 1.00 e. The molecule has 9 nitrogen and oxygen atoms in total. The van der Waals surface area contributed by atoms with Gasteiger partial charge in [0.05, 0.1) is 18.3 Å². The fourth-order valence-corrected chi connectivity index (χ4v) is 2.06. The van der Waals surface area contributed by atoms with Crippen LogP contribution in [0.2, 0.25) is 0 Å². The summed E-state index contributed by atoms with van der Waals surface area (Å²) in [6.45, 7) is 5.59. The molecule has 1 atom stereocenters. The zero-order valence-corrected chi connectivity index (χ0v) is 26.0. The summed E-state index contributed by atoms with van der Waals surface area (Å²) in [7, 11) is -5.17. The molecular weight excluding hydrogens is 447 g/mol. The summed E-state index contributed by atoms with van der Waals surface area (Å²) in [6.07, 6.45) is 11.9. The molecular formula is C17H30NNa3O8S. The van der Waals surface area contributed by atoms with Gasteiger partial charge in [0, 0.05) is 10.4 Å². The molecule has 0 aliphatic heterocycles. The van der Waals surface area contributed by atoms with Crippen molar-refractivity contribution in [2.75, 3.05) is 0 Å². The summed E-state index contributed by atoms with van der Waals surface area (Å²) >= 11 is 0. The average molecular weight is 477 g/mol. The van der Waals surface area contributed by atoms with E-state index in [4.69, 9.17) is 22.3 Å². The van der Waals surface area contributed by atoms with Crippen LogP contribution in [-0.2, 0) is 19.9 Å². The summed E-state index contributed by atoms with van der Waals surface area (Å²) in [6, 6.07) is -1.04. The van der Waals surface area contributed by atoms with Crippen LogP contribution in [0, 0.1) is 5.92 Å². The summed E-state index contributed by atoms with van der Waals surface area (Å²) in [5.41, 5.74) is 0. The number of unbranched alkanes of at least 4 members (excludes halogenated alkanes) is 7. The van der Waals surface area contributed by atoms with Crippen molar-refractivity contribution in [1.29, 1.82) is 0 Å². The molecule has 1 amide bonds. The fraction of sp³-hybridized carbons (Fsp3) is 0.765. The fourth-order valence-electron chi connectivity index (χ4n) is 2.06. The van der Waals surface area contributed by atoms with Crippen LogP contribution >= 0.6 is 0 Å². The van der Waals surface area contributed by atoms with Crippen molar-refractivity contribution in [3.05, 3.63) is 12.3 Å². The second-order valence-corrected chi connectivity index (χ2v) is 7.10. The number of nitrogens with one attached hydrogen (secondary N) is 1. The first-order chi connectivity index (χ1) is 12.5. The van der Waals surface area contributed by atoms with Crippen LogP contribution < -0.4 is 99.1 Å². The summed E-state index contributed by atoms with van der Waals surface area (Å²) in [5.74, 6) is -1.56. The number of aliphatic carboxylic acids is 1.